The molecule has 0 spiro atoms. The highest BCUT2D eigenvalue weighted by Gasteiger charge is 2.20. The van der Waals surface area contributed by atoms with Crippen LogP contribution in [0.2, 0.25) is 0 Å². The van der Waals surface area contributed by atoms with E-state index < -0.39 is 0 Å². The molecular formula is C20H25ClO. The summed E-state index contributed by atoms with van der Waals surface area (Å²) in [5.41, 5.74) is 1.08. The largest absolute Gasteiger partial charge is 0.281 e. The predicted octanol–water partition coefficient (Wildman–Crippen LogP) is 6.44. The lowest BCUT2D eigenvalue weighted by atomic mass is 9.90. The van der Waals surface area contributed by atoms with Crippen molar-refractivity contribution in [2.24, 2.45) is 0 Å². The molecule has 0 aliphatic rings. The van der Waals surface area contributed by atoms with Crippen LogP contribution in [0.15, 0.2) is 42.5 Å². The Labute approximate surface area is 138 Å². The third-order valence-corrected chi connectivity index (χ3v) is 4.58. The van der Waals surface area contributed by atoms with E-state index in [1.165, 1.54) is 37.5 Å². The Morgan fingerprint density at radius 3 is 2.41 bits per heavy atom. The average Bonchev–Trinajstić information content (AvgIpc) is 2.53. The first kappa shape index (κ1) is 17.0. The van der Waals surface area contributed by atoms with Gasteiger partial charge in [0.25, 0.3) is 0 Å². The van der Waals surface area contributed by atoms with E-state index in [1.54, 1.807) is 0 Å². The molecule has 0 radical (unpaired) electrons. The molecule has 118 valence electrons. The van der Waals surface area contributed by atoms with E-state index in [0.29, 0.717) is 0 Å². The van der Waals surface area contributed by atoms with Crippen LogP contribution in [0, 0.1) is 0 Å². The van der Waals surface area contributed by atoms with Crippen LogP contribution in [0.4, 0.5) is 0 Å². The van der Waals surface area contributed by atoms with Crippen molar-refractivity contribution in [2.45, 2.75) is 57.8 Å². The average molecular weight is 317 g/mol. The minimum atomic E-state index is -0.232. The van der Waals surface area contributed by atoms with Gasteiger partial charge in [-0.3, -0.25) is 4.79 Å². The van der Waals surface area contributed by atoms with Crippen molar-refractivity contribution >= 4 is 27.6 Å². The Balaban J connectivity index is 2.05. The van der Waals surface area contributed by atoms with Gasteiger partial charge in [-0.05, 0) is 34.4 Å². The van der Waals surface area contributed by atoms with Gasteiger partial charge in [0.05, 0.1) is 5.92 Å². The van der Waals surface area contributed by atoms with Crippen molar-refractivity contribution in [1.82, 2.24) is 0 Å². The summed E-state index contributed by atoms with van der Waals surface area (Å²) in [6.45, 7) is 2.22. The number of hydrogen-bond acceptors (Lipinski definition) is 1. The first-order chi connectivity index (χ1) is 10.7. The zero-order valence-electron chi connectivity index (χ0n) is 13.4. The van der Waals surface area contributed by atoms with E-state index in [1.807, 2.05) is 24.3 Å². The van der Waals surface area contributed by atoms with Crippen LogP contribution in [0.5, 0.6) is 0 Å². The maximum atomic E-state index is 11.9. The highest BCUT2D eigenvalue weighted by atomic mass is 35.5. The van der Waals surface area contributed by atoms with Gasteiger partial charge in [0, 0.05) is 0 Å². The van der Waals surface area contributed by atoms with Gasteiger partial charge in [0.1, 0.15) is 0 Å². The Morgan fingerprint density at radius 1 is 0.955 bits per heavy atom. The fourth-order valence-corrected chi connectivity index (χ4v) is 3.30. The minimum absolute atomic E-state index is 0.182. The molecule has 0 amide bonds. The Kier molecular flexibility index (Phi) is 6.92. The highest BCUT2D eigenvalue weighted by molar-refractivity contribution is 6.64. The van der Waals surface area contributed by atoms with Gasteiger partial charge in [0.15, 0.2) is 0 Å². The molecule has 0 bridgehead atoms. The van der Waals surface area contributed by atoms with Crippen LogP contribution in [-0.4, -0.2) is 5.24 Å². The van der Waals surface area contributed by atoms with Gasteiger partial charge < -0.3 is 0 Å². The maximum absolute atomic E-state index is 11.9. The second-order valence-corrected chi connectivity index (χ2v) is 6.35. The Bertz CT molecular complexity index is 600. The van der Waals surface area contributed by atoms with Crippen LogP contribution in [0.1, 0.15) is 63.4 Å². The van der Waals surface area contributed by atoms with Gasteiger partial charge in [-0.2, -0.15) is 0 Å². The van der Waals surface area contributed by atoms with Gasteiger partial charge >= 0.3 is 0 Å². The zero-order chi connectivity index (χ0) is 15.8. The van der Waals surface area contributed by atoms with Crippen LogP contribution in [-0.2, 0) is 4.79 Å². The number of fused-ring (bicyclic) bond motifs is 1. The maximum Gasteiger partial charge on any atom is 0.229 e. The van der Waals surface area contributed by atoms with E-state index in [9.17, 15) is 4.79 Å². The first-order valence-electron chi connectivity index (χ1n) is 8.41. The first-order valence-corrected chi connectivity index (χ1v) is 8.79. The predicted molar refractivity (Wildman–Crippen MR) is 95.5 cm³/mol. The van der Waals surface area contributed by atoms with Crippen molar-refractivity contribution < 1.29 is 4.79 Å². The number of carbonyl (C=O) groups is 1. The molecule has 0 aliphatic carbocycles. The molecule has 0 aromatic heterocycles. The summed E-state index contributed by atoms with van der Waals surface area (Å²) in [7, 11) is 0. The van der Waals surface area contributed by atoms with Gasteiger partial charge in [-0.1, -0.05) is 87.9 Å². The normalized spacial score (nSPS) is 12.5. The monoisotopic (exact) mass is 316 g/mol. The molecule has 0 heterocycles. The molecule has 0 saturated heterocycles. The number of unbranched alkanes of at least 4 members (excludes halogenated alkanes) is 5. The minimum Gasteiger partial charge on any atom is -0.281 e. The third kappa shape index (κ3) is 4.58. The van der Waals surface area contributed by atoms with Crippen LogP contribution in [0.3, 0.4) is 0 Å². The summed E-state index contributed by atoms with van der Waals surface area (Å²) in [6.07, 6.45) is 8.22. The van der Waals surface area contributed by atoms with Crippen molar-refractivity contribution in [3.8, 4) is 0 Å². The lowest BCUT2D eigenvalue weighted by molar-refractivity contribution is -0.113. The molecule has 22 heavy (non-hydrogen) atoms. The molecule has 0 saturated carbocycles. The molecule has 2 rings (SSSR count). The van der Waals surface area contributed by atoms with Gasteiger partial charge in [-0.15, -0.1) is 0 Å². The van der Waals surface area contributed by atoms with E-state index in [-0.39, 0.29) is 11.2 Å². The standard InChI is InChI=1S/C20H25ClO/c1-2-3-4-5-6-7-14-19(20(21)22)18-15-10-12-16-11-8-9-13-17(16)18/h8-13,15,19H,2-7,14H2,1H3. The van der Waals surface area contributed by atoms with Crippen LogP contribution >= 0.6 is 11.6 Å². The molecular weight excluding hydrogens is 292 g/mol. The number of carbonyl (C=O) groups excluding carboxylic acids is 1. The lowest BCUT2D eigenvalue weighted by Gasteiger charge is -2.15. The summed E-state index contributed by atoms with van der Waals surface area (Å²) in [4.78, 5) is 11.9. The van der Waals surface area contributed by atoms with Gasteiger partial charge in [0.2, 0.25) is 5.24 Å². The summed E-state index contributed by atoms with van der Waals surface area (Å²) in [5.74, 6) is -0.182. The summed E-state index contributed by atoms with van der Waals surface area (Å²) >= 11 is 5.90. The smallest absolute Gasteiger partial charge is 0.229 e. The van der Waals surface area contributed by atoms with Crippen molar-refractivity contribution in [1.29, 1.82) is 0 Å². The Hall–Kier alpha value is -1.34. The number of rotatable bonds is 9. The van der Waals surface area contributed by atoms with Crippen molar-refractivity contribution in [3.63, 3.8) is 0 Å². The third-order valence-electron chi connectivity index (χ3n) is 4.32. The molecule has 0 aliphatic heterocycles. The molecule has 0 N–H and O–H groups in total. The summed E-state index contributed by atoms with van der Waals surface area (Å²) in [5, 5.41) is 2.09. The molecule has 2 aromatic carbocycles. The SMILES string of the molecule is CCCCCCCCC(C(=O)Cl)c1cccc2ccccc12. The quantitative estimate of drug-likeness (QED) is 0.384. The molecule has 1 unspecified atom stereocenters. The van der Waals surface area contributed by atoms with Gasteiger partial charge in [-0.25, -0.2) is 0 Å². The van der Waals surface area contributed by atoms with Crippen LogP contribution in [0.25, 0.3) is 10.8 Å². The molecule has 0 fully saturated rings. The molecule has 2 heteroatoms. The highest BCUT2D eigenvalue weighted by Crippen LogP contribution is 2.31. The van der Waals surface area contributed by atoms with E-state index in [0.717, 1.165) is 23.8 Å². The number of halogens is 1. The van der Waals surface area contributed by atoms with E-state index >= 15 is 0 Å². The summed E-state index contributed by atoms with van der Waals surface area (Å²) < 4.78 is 0. The fourth-order valence-electron chi connectivity index (χ4n) is 3.07. The Morgan fingerprint density at radius 2 is 1.64 bits per heavy atom. The topological polar surface area (TPSA) is 17.1 Å². The second-order valence-electron chi connectivity index (χ2n) is 5.98. The number of hydrogen-bond donors (Lipinski definition) is 0. The lowest BCUT2D eigenvalue weighted by Crippen LogP contribution is -2.07. The second kappa shape index (κ2) is 8.95. The fraction of sp³-hybridized carbons (Fsp3) is 0.450. The van der Waals surface area contributed by atoms with E-state index in [4.69, 9.17) is 11.6 Å². The molecule has 1 nitrogen and oxygen atoms in total. The number of benzene rings is 2. The molecule has 2 aromatic rings. The molecule has 1 atom stereocenters. The van der Waals surface area contributed by atoms with E-state index in [2.05, 4.69) is 25.1 Å². The summed E-state index contributed by atoms with van der Waals surface area (Å²) in [6, 6.07) is 14.4. The van der Waals surface area contributed by atoms with Crippen molar-refractivity contribution in [2.75, 3.05) is 0 Å². The van der Waals surface area contributed by atoms with Crippen molar-refractivity contribution in [3.05, 3.63) is 48.0 Å². The zero-order valence-corrected chi connectivity index (χ0v) is 14.1. The van der Waals surface area contributed by atoms with Crippen LogP contribution < -0.4 is 0 Å².